The van der Waals surface area contributed by atoms with Crippen LogP contribution in [0.4, 0.5) is 0 Å². The van der Waals surface area contributed by atoms with Crippen LogP contribution in [-0.4, -0.2) is 23.5 Å². The molecule has 0 N–H and O–H groups in total. The number of allylic oxidation sites excluding steroid dienone is 1. The molecule has 0 aromatic heterocycles. The zero-order valence-electron chi connectivity index (χ0n) is 4.98. The lowest BCUT2D eigenvalue weighted by molar-refractivity contribution is -0.113. The van der Waals surface area contributed by atoms with Gasteiger partial charge in [0.2, 0.25) is 0 Å². The minimum atomic E-state index is -0.248. The Hall–Kier alpha value is -1.58. The number of hydrogen-bond acceptors (Lipinski definition) is 3. The summed E-state index contributed by atoms with van der Waals surface area (Å²) in [6.45, 7) is 0. The van der Waals surface area contributed by atoms with E-state index in [9.17, 15) is 4.79 Å². The fraction of sp³-hybridized carbons (Fsp3) is 0. The summed E-state index contributed by atoms with van der Waals surface area (Å²) in [5.41, 5.74) is 1.23. The van der Waals surface area contributed by atoms with E-state index >= 15 is 0 Å². The van der Waals surface area contributed by atoms with E-state index in [2.05, 4.69) is 15.2 Å². The Balaban J connectivity index is 2.51. The summed E-state index contributed by atoms with van der Waals surface area (Å²) < 4.78 is 0. The van der Waals surface area contributed by atoms with Crippen molar-refractivity contribution in [3.05, 3.63) is 12.2 Å². The predicted octanol–water partition coefficient (Wildman–Crippen LogP) is -0.0358. The zero-order valence-corrected chi connectivity index (χ0v) is 4.98. The van der Waals surface area contributed by atoms with Crippen molar-refractivity contribution in [2.45, 2.75) is 0 Å². The molecular formula is C6H3N3O. The largest absolute Gasteiger partial charge is 0.270 e. The quantitative estimate of drug-likeness (QED) is 0.457. The van der Waals surface area contributed by atoms with Crippen LogP contribution in [0.3, 0.4) is 0 Å². The number of aliphatic imine (C=N–C) groups is 1. The molecular weight excluding hydrogens is 130 g/mol. The van der Waals surface area contributed by atoms with E-state index in [-0.39, 0.29) is 5.91 Å². The second-order valence-corrected chi connectivity index (χ2v) is 1.90. The number of dihydropyridines is 1. The number of rotatable bonds is 0. The zero-order chi connectivity index (χ0) is 6.97. The van der Waals surface area contributed by atoms with Crippen molar-refractivity contribution >= 4 is 23.5 Å². The molecule has 0 aromatic rings. The predicted molar refractivity (Wildman–Crippen MR) is 37.5 cm³/mol. The molecule has 0 atom stereocenters. The minimum absolute atomic E-state index is 0.248. The average molecular weight is 133 g/mol. The number of carbonyl (C=O) groups is 1. The summed E-state index contributed by atoms with van der Waals surface area (Å²) in [5.74, 6) is -0.248. The Labute approximate surface area is 56.7 Å². The lowest BCUT2D eigenvalue weighted by Crippen LogP contribution is -2.15. The van der Waals surface area contributed by atoms with E-state index < -0.39 is 0 Å². The van der Waals surface area contributed by atoms with Gasteiger partial charge in [0.05, 0.1) is 6.21 Å². The van der Waals surface area contributed by atoms with Gasteiger partial charge in [0.15, 0.2) is 0 Å². The summed E-state index contributed by atoms with van der Waals surface area (Å²) in [5, 5.41) is 7.30. The summed E-state index contributed by atoms with van der Waals surface area (Å²) in [6, 6.07) is 0. The van der Waals surface area contributed by atoms with E-state index in [0.717, 1.165) is 0 Å². The molecule has 4 heteroatoms. The lowest BCUT2D eigenvalue weighted by atomic mass is 10.2. The topological polar surface area (TPSA) is 54.1 Å². The first kappa shape index (κ1) is 5.22. The molecule has 0 unspecified atom stereocenters. The van der Waals surface area contributed by atoms with Crippen LogP contribution in [-0.2, 0) is 4.79 Å². The maximum absolute atomic E-state index is 10.6. The van der Waals surface area contributed by atoms with Gasteiger partial charge >= 0.3 is 0 Å². The Morgan fingerprint density at radius 1 is 1.20 bits per heavy atom. The molecule has 0 bridgehead atoms. The van der Waals surface area contributed by atoms with Gasteiger partial charge in [0.25, 0.3) is 5.91 Å². The third-order valence-electron chi connectivity index (χ3n) is 1.22. The highest BCUT2D eigenvalue weighted by Gasteiger charge is 2.14. The molecule has 2 rings (SSSR count). The van der Waals surface area contributed by atoms with Gasteiger partial charge in [0.1, 0.15) is 11.4 Å². The highest BCUT2D eigenvalue weighted by atomic mass is 16.1. The van der Waals surface area contributed by atoms with E-state index in [0.29, 0.717) is 11.4 Å². The van der Waals surface area contributed by atoms with Crippen molar-refractivity contribution in [3.8, 4) is 0 Å². The first-order valence-corrected chi connectivity index (χ1v) is 2.78. The molecule has 0 fully saturated rings. The smallest absolute Gasteiger partial charge is 0.267 e. The highest BCUT2D eigenvalue weighted by molar-refractivity contribution is 6.68. The molecule has 0 saturated carbocycles. The van der Waals surface area contributed by atoms with Crippen LogP contribution in [0.1, 0.15) is 0 Å². The molecule has 0 saturated heterocycles. The van der Waals surface area contributed by atoms with Crippen LogP contribution in [0.5, 0.6) is 0 Å². The lowest BCUT2D eigenvalue weighted by Gasteiger charge is -1.96. The Kier molecular flexibility index (Phi) is 0.887. The van der Waals surface area contributed by atoms with E-state index in [1.165, 1.54) is 12.3 Å². The van der Waals surface area contributed by atoms with Crippen molar-refractivity contribution in [1.29, 1.82) is 0 Å². The summed E-state index contributed by atoms with van der Waals surface area (Å²) in [4.78, 5) is 14.3. The van der Waals surface area contributed by atoms with Crippen molar-refractivity contribution in [2.75, 3.05) is 0 Å². The van der Waals surface area contributed by atoms with E-state index in [1.807, 2.05) is 0 Å². The molecule has 4 nitrogen and oxygen atoms in total. The molecule has 2 aliphatic heterocycles. The van der Waals surface area contributed by atoms with Gasteiger partial charge in [-0.25, -0.2) is 4.99 Å². The fourth-order valence-corrected chi connectivity index (χ4v) is 0.774. The molecule has 0 aromatic carbocycles. The summed E-state index contributed by atoms with van der Waals surface area (Å²) >= 11 is 0. The van der Waals surface area contributed by atoms with Gasteiger partial charge < -0.3 is 0 Å². The van der Waals surface area contributed by atoms with E-state index in [4.69, 9.17) is 0 Å². The van der Waals surface area contributed by atoms with Crippen molar-refractivity contribution in [2.24, 2.45) is 15.2 Å². The number of amides is 1. The number of fused-ring (bicyclic) bond motifs is 1. The van der Waals surface area contributed by atoms with Gasteiger partial charge in [-0.05, 0) is 6.08 Å². The number of nitrogens with zero attached hydrogens (tertiary/aromatic N) is 3. The molecule has 2 heterocycles. The van der Waals surface area contributed by atoms with Crippen LogP contribution < -0.4 is 0 Å². The van der Waals surface area contributed by atoms with Gasteiger partial charge in [-0.15, -0.1) is 5.10 Å². The second-order valence-electron chi connectivity index (χ2n) is 1.90. The average Bonchev–Trinajstić information content (AvgIpc) is 2.33. The third kappa shape index (κ3) is 0.621. The number of hydrogen-bond donors (Lipinski definition) is 0. The number of carbonyl (C=O) groups excluding carboxylic acids is 1. The van der Waals surface area contributed by atoms with Crippen LogP contribution >= 0.6 is 0 Å². The van der Waals surface area contributed by atoms with Crippen molar-refractivity contribution < 1.29 is 4.79 Å². The molecule has 0 radical (unpaired) electrons. The van der Waals surface area contributed by atoms with Crippen LogP contribution in [0.25, 0.3) is 0 Å². The van der Waals surface area contributed by atoms with Crippen molar-refractivity contribution in [1.82, 2.24) is 0 Å². The molecule has 0 aliphatic carbocycles. The molecule has 0 spiro atoms. The Morgan fingerprint density at radius 2 is 2.10 bits per heavy atom. The monoisotopic (exact) mass is 133 g/mol. The molecule has 48 valence electrons. The van der Waals surface area contributed by atoms with Gasteiger partial charge in [-0.3, -0.25) is 4.79 Å². The Bertz CT molecular complexity index is 309. The molecule has 1 amide bonds. The van der Waals surface area contributed by atoms with Gasteiger partial charge in [-0.1, -0.05) is 0 Å². The van der Waals surface area contributed by atoms with E-state index in [1.54, 1.807) is 6.08 Å². The SMILES string of the molecule is O=C1C=CC2=NN=CC2=N1. The standard InChI is InChI=1S/C6H3N3O/c10-6-2-1-4-5(8-6)3-7-9-4/h1-3H. The Morgan fingerprint density at radius 3 is 3.00 bits per heavy atom. The molecule has 10 heavy (non-hydrogen) atoms. The van der Waals surface area contributed by atoms with Gasteiger partial charge in [-0.2, -0.15) is 5.10 Å². The van der Waals surface area contributed by atoms with Crippen LogP contribution in [0.2, 0.25) is 0 Å². The van der Waals surface area contributed by atoms with Crippen LogP contribution in [0.15, 0.2) is 27.3 Å². The maximum atomic E-state index is 10.6. The first-order valence-electron chi connectivity index (χ1n) is 2.78. The highest BCUT2D eigenvalue weighted by Crippen LogP contribution is 2.01. The normalized spacial score (nSPS) is 20.6. The first-order chi connectivity index (χ1) is 4.86. The molecule has 2 aliphatic rings. The second kappa shape index (κ2) is 1.70. The summed E-state index contributed by atoms with van der Waals surface area (Å²) in [6.07, 6.45) is 4.45. The summed E-state index contributed by atoms with van der Waals surface area (Å²) in [7, 11) is 0. The van der Waals surface area contributed by atoms with Gasteiger partial charge in [0, 0.05) is 6.08 Å². The minimum Gasteiger partial charge on any atom is -0.267 e. The van der Waals surface area contributed by atoms with Crippen molar-refractivity contribution in [3.63, 3.8) is 0 Å². The fourth-order valence-electron chi connectivity index (χ4n) is 0.774. The maximum Gasteiger partial charge on any atom is 0.270 e. The van der Waals surface area contributed by atoms with Crippen LogP contribution in [0, 0.1) is 0 Å². The third-order valence-corrected chi connectivity index (χ3v) is 1.22.